The molecule has 7 heteroatoms. The molecule has 0 unspecified atom stereocenters. The number of hydrogen-bond donors (Lipinski definition) is 0. The van der Waals surface area contributed by atoms with Crippen LogP contribution in [0.25, 0.3) is 11.4 Å². The van der Waals surface area contributed by atoms with Crippen LogP contribution in [0.5, 0.6) is 0 Å². The monoisotopic (exact) mass is 442 g/mol. The first-order valence-corrected chi connectivity index (χ1v) is 10.1. The molecule has 0 saturated heterocycles. The Morgan fingerprint density at radius 1 is 1.18 bits per heavy atom. The highest BCUT2D eigenvalue weighted by atomic mass is 79.9. The van der Waals surface area contributed by atoms with Crippen LogP contribution < -0.4 is 4.90 Å². The highest BCUT2D eigenvalue weighted by molar-refractivity contribution is 9.10. The van der Waals surface area contributed by atoms with E-state index in [9.17, 15) is 4.79 Å². The number of nitrogens with zero attached hydrogens (tertiary/aromatic N) is 4. The molecular formula is C21H23BrN4O2. The first-order chi connectivity index (χ1) is 13.5. The van der Waals surface area contributed by atoms with Gasteiger partial charge in [0.2, 0.25) is 17.6 Å². The summed E-state index contributed by atoms with van der Waals surface area (Å²) in [5.41, 5.74) is 2.17. The number of carbonyl (C=O) groups excluding carboxylic acids is 1. The Kier molecular flexibility index (Phi) is 6.57. The number of rotatable bonds is 7. The number of halogens is 1. The van der Waals surface area contributed by atoms with Crippen molar-refractivity contribution in [2.45, 2.75) is 39.5 Å². The third kappa shape index (κ3) is 4.84. The highest BCUT2D eigenvalue weighted by Crippen LogP contribution is 2.21. The Morgan fingerprint density at radius 3 is 2.54 bits per heavy atom. The largest absolute Gasteiger partial charge is 0.339 e. The quantitative estimate of drug-likeness (QED) is 0.514. The van der Waals surface area contributed by atoms with E-state index >= 15 is 0 Å². The van der Waals surface area contributed by atoms with Crippen molar-refractivity contribution < 1.29 is 9.32 Å². The average molecular weight is 443 g/mol. The molecule has 0 atom stereocenters. The Bertz CT molecular complexity index is 920. The smallest absolute Gasteiger partial charge is 0.228 e. The number of aromatic nitrogens is 3. The molecule has 1 amide bonds. The molecule has 3 aromatic rings. The number of hydrogen-bond acceptors (Lipinski definition) is 5. The minimum Gasteiger partial charge on any atom is -0.339 e. The van der Waals surface area contributed by atoms with E-state index in [0.717, 1.165) is 10.0 Å². The van der Waals surface area contributed by atoms with Crippen molar-refractivity contribution in [3.05, 3.63) is 58.5 Å². The van der Waals surface area contributed by atoms with Gasteiger partial charge in [0.1, 0.15) is 5.82 Å². The van der Waals surface area contributed by atoms with Gasteiger partial charge in [0.15, 0.2) is 0 Å². The number of benzene rings is 1. The fourth-order valence-electron chi connectivity index (χ4n) is 2.83. The Labute approximate surface area is 173 Å². The van der Waals surface area contributed by atoms with Crippen LogP contribution in [0.3, 0.4) is 0 Å². The Morgan fingerprint density at radius 2 is 1.93 bits per heavy atom. The van der Waals surface area contributed by atoms with Crippen LogP contribution in [0.4, 0.5) is 5.82 Å². The maximum atomic E-state index is 12.6. The second-order valence-corrected chi connectivity index (χ2v) is 7.68. The van der Waals surface area contributed by atoms with Gasteiger partial charge in [-0.05, 0) is 46.5 Å². The lowest BCUT2D eigenvalue weighted by molar-refractivity contribution is -0.118. The Hall–Kier alpha value is -2.54. The second kappa shape index (κ2) is 9.10. The van der Waals surface area contributed by atoms with Crippen LogP contribution in [0.15, 0.2) is 51.6 Å². The first-order valence-electron chi connectivity index (χ1n) is 9.32. The highest BCUT2D eigenvalue weighted by Gasteiger charge is 2.17. The lowest BCUT2D eigenvalue weighted by Gasteiger charge is -2.19. The summed E-state index contributed by atoms with van der Waals surface area (Å²) in [4.78, 5) is 23.0. The molecule has 0 aliphatic carbocycles. The third-order valence-corrected chi connectivity index (χ3v) is 4.93. The summed E-state index contributed by atoms with van der Waals surface area (Å²) in [6, 6.07) is 11.8. The lowest BCUT2D eigenvalue weighted by atomic mass is 10.0. The normalized spacial score (nSPS) is 11.0. The summed E-state index contributed by atoms with van der Waals surface area (Å²) in [6.07, 6.45) is 2.35. The van der Waals surface area contributed by atoms with Crippen LogP contribution in [0.1, 0.15) is 44.6 Å². The zero-order valence-electron chi connectivity index (χ0n) is 16.2. The molecule has 3 rings (SSSR count). The van der Waals surface area contributed by atoms with Gasteiger partial charge in [0.25, 0.3) is 0 Å². The van der Waals surface area contributed by atoms with Crippen molar-refractivity contribution in [2.75, 3.05) is 11.4 Å². The van der Waals surface area contributed by atoms with Crippen molar-refractivity contribution in [3.8, 4) is 11.4 Å². The SMILES string of the molecule is CCN(C(=O)CCc1nc(-c2ccc(C(C)C)cc2)no1)c1ccc(Br)cn1. The van der Waals surface area contributed by atoms with Gasteiger partial charge in [-0.3, -0.25) is 9.69 Å². The van der Waals surface area contributed by atoms with Crippen molar-refractivity contribution >= 4 is 27.7 Å². The minimum atomic E-state index is -0.0293. The van der Waals surface area contributed by atoms with Gasteiger partial charge in [0.05, 0.1) is 0 Å². The first kappa shape index (κ1) is 20.2. The molecule has 0 aliphatic heterocycles. The minimum absolute atomic E-state index is 0.0293. The Balaban J connectivity index is 1.63. The predicted octanol–water partition coefficient (Wildman–Crippen LogP) is 5.00. The summed E-state index contributed by atoms with van der Waals surface area (Å²) in [7, 11) is 0. The standard InChI is InChI=1S/C21H23BrN4O2/c1-4-26(18-10-9-17(22)13-23-18)20(27)12-11-19-24-21(25-28-19)16-7-5-15(6-8-16)14(2)3/h5-10,13-14H,4,11-12H2,1-3H3. The van der Waals surface area contributed by atoms with E-state index in [1.165, 1.54) is 5.56 Å². The number of anilines is 1. The van der Waals surface area contributed by atoms with Crippen molar-refractivity contribution in [1.82, 2.24) is 15.1 Å². The number of amides is 1. The molecule has 0 spiro atoms. The molecule has 0 aliphatic rings. The number of carbonyl (C=O) groups is 1. The fourth-order valence-corrected chi connectivity index (χ4v) is 3.07. The molecular weight excluding hydrogens is 420 g/mol. The summed E-state index contributed by atoms with van der Waals surface area (Å²) >= 11 is 3.35. The average Bonchev–Trinajstić information content (AvgIpc) is 3.17. The van der Waals surface area contributed by atoms with E-state index in [4.69, 9.17) is 4.52 Å². The van der Waals surface area contributed by atoms with Crippen LogP contribution in [-0.4, -0.2) is 27.6 Å². The van der Waals surface area contributed by atoms with Crippen molar-refractivity contribution in [2.24, 2.45) is 0 Å². The maximum absolute atomic E-state index is 12.6. The molecule has 2 heterocycles. The second-order valence-electron chi connectivity index (χ2n) is 6.76. The molecule has 0 N–H and O–H groups in total. The van der Waals surface area contributed by atoms with E-state index in [1.807, 2.05) is 31.2 Å². The van der Waals surface area contributed by atoms with E-state index < -0.39 is 0 Å². The van der Waals surface area contributed by atoms with E-state index in [0.29, 0.717) is 36.4 Å². The molecule has 6 nitrogen and oxygen atoms in total. The lowest BCUT2D eigenvalue weighted by Crippen LogP contribution is -2.31. The predicted molar refractivity (Wildman–Crippen MR) is 112 cm³/mol. The van der Waals surface area contributed by atoms with E-state index in [1.54, 1.807) is 11.1 Å². The number of pyridine rings is 1. The molecule has 28 heavy (non-hydrogen) atoms. The zero-order chi connectivity index (χ0) is 20.1. The molecule has 146 valence electrons. The third-order valence-electron chi connectivity index (χ3n) is 4.46. The fraction of sp³-hybridized carbons (Fsp3) is 0.333. The van der Waals surface area contributed by atoms with E-state index in [-0.39, 0.29) is 12.3 Å². The van der Waals surface area contributed by atoms with Gasteiger partial charge in [0, 0.05) is 35.6 Å². The summed E-state index contributed by atoms with van der Waals surface area (Å²) in [5.74, 6) is 2.07. The van der Waals surface area contributed by atoms with E-state index in [2.05, 4.69) is 57.0 Å². The van der Waals surface area contributed by atoms with Crippen LogP contribution in [0.2, 0.25) is 0 Å². The van der Waals surface area contributed by atoms with Crippen molar-refractivity contribution in [1.29, 1.82) is 0 Å². The van der Waals surface area contributed by atoms with Gasteiger partial charge in [-0.25, -0.2) is 4.98 Å². The van der Waals surface area contributed by atoms with Gasteiger partial charge in [-0.15, -0.1) is 0 Å². The topological polar surface area (TPSA) is 72.1 Å². The zero-order valence-corrected chi connectivity index (χ0v) is 17.8. The van der Waals surface area contributed by atoms with Crippen molar-refractivity contribution in [3.63, 3.8) is 0 Å². The van der Waals surface area contributed by atoms with Gasteiger partial charge >= 0.3 is 0 Å². The molecule has 0 fully saturated rings. The number of aryl methyl sites for hydroxylation is 1. The van der Waals surface area contributed by atoms with Gasteiger partial charge < -0.3 is 4.52 Å². The molecule has 0 saturated carbocycles. The van der Waals surface area contributed by atoms with Crippen LogP contribution >= 0.6 is 15.9 Å². The molecule has 0 bridgehead atoms. The molecule has 2 aromatic heterocycles. The molecule has 1 aromatic carbocycles. The summed E-state index contributed by atoms with van der Waals surface area (Å²) < 4.78 is 6.20. The van der Waals surface area contributed by atoms with Crippen LogP contribution in [0, 0.1) is 0 Å². The summed E-state index contributed by atoms with van der Waals surface area (Å²) in [6.45, 7) is 6.78. The van der Waals surface area contributed by atoms with Crippen LogP contribution in [-0.2, 0) is 11.2 Å². The van der Waals surface area contributed by atoms with Gasteiger partial charge in [-0.1, -0.05) is 43.3 Å². The maximum Gasteiger partial charge on any atom is 0.228 e. The summed E-state index contributed by atoms with van der Waals surface area (Å²) in [5, 5.41) is 4.04. The molecule has 0 radical (unpaired) electrons. The van der Waals surface area contributed by atoms with Gasteiger partial charge in [-0.2, -0.15) is 4.98 Å².